The van der Waals surface area contributed by atoms with E-state index in [0.29, 0.717) is 16.8 Å². The van der Waals surface area contributed by atoms with Crippen LogP contribution in [0.4, 0.5) is 10.1 Å². The van der Waals surface area contributed by atoms with Gasteiger partial charge in [-0.05, 0) is 60.2 Å². The summed E-state index contributed by atoms with van der Waals surface area (Å²) in [6.45, 7) is -0.245. The zero-order valence-electron chi connectivity index (χ0n) is 18.3. The van der Waals surface area contributed by atoms with Crippen molar-refractivity contribution in [3.63, 3.8) is 0 Å². The molecule has 0 fully saturated rings. The first-order valence-electron chi connectivity index (χ1n) is 10.3. The Morgan fingerprint density at radius 3 is 2.32 bits per heavy atom. The Morgan fingerprint density at radius 2 is 1.71 bits per heavy atom. The van der Waals surface area contributed by atoms with Gasteiger partial charge in [-0.2, -0.15) is 0 Å². The average Bonchev–Trinajstić information content (AvgIpc) is 2.95. The zero-order valence-corrected chi connectivity index (χ0v) is 20.7. The van der Waals surface area contributed by atoms with Crippen molar-refractivity contribution in [3.05, 3.63) is 93.7 Å². The Bertz CT molecular complexity index is 1360. The number of hydrogen-bond acceptors (Lipinski definition) is 4. The molecule has 1 N–H and O–H groups in total. The third-order valence-corrected chi connectivity index (χ3v) is 7.86. The maximum Gasteiger partial charge on any atom is 0.255 e. The van der Waals surface area contributed by atoms with E-state index in [0.717, 1.165) is 8.78 Å². The highest BCUT2D eigenvalue weighted by atomic mass is 79.9. The van der Waals surface area contributed by atoms with Crippen LogP contribution in [0, 0.1) is 5.82 Å². The lowest BCUT2D eigenvalue weighted by molar-refractivity contribution is -0.117. The van der Waals surface area contributed by atoms with Crippen LogP contribution in [0.25, 0.3) is 0 Å². The number of nitrogens with one attached hydrogen (secondary N) is 1. The highest BCUT2D eigenvalue weighted by Crippen LogP contribution is 2.38. The van der Waals surface area contributed by atoms with Crippen LogP contribution in [0.3, 0.4) is 0 Å². The van der Waals surface area contributed by atoms with Gasteiger partial charge in [0, 0.05) is 35.4 Å². The maximum atomic E-state index is 13.7. The molecule has 0 bridgehead atoms. The molecule has 1 unspecified atom stereocenters. The van der Waals surface area contributed by atoms with E-state index < -0.39 is 27.8 Å². The van der Waals surface area contributed by atoms with E-state index in [1.807, 2.05) is 6.07 Å². The van der Waals surface area contributed by atoms with E-state index in [2.05, 4.69) is 21.2 Å². The van der Waals surface area contributed by atoms with Crippen molar-refractivity contribution in [1.29, 1.82) is 0 Å². The minimum absolute atomic E-state index is 0.0482. The summed E-state index contributed by atoms with van der Waals surface area (Å²) in [6.07, 6.45) is 0. The van der Waals surface area contributed by atoms with Crippen molar-refractivity contribution >= 4 is 43.5 Å². The van der Waals surface area contributed by atoms with Crippen LogP contribution in [-0.4, -0.2) is 50.1 Å². The molecule has 0 aromatic heterocycles. The SMILES string of the molecule is CN(C)S(=O)(=O)c1ccc(C(=O)N2CC(=O)Nc3ccc(Br)cc3C2c2ccc(F)cc2)cc1. The Labute approximate surface area is 205 Å². The fraction of sp³-hybridized carbons (Fsp3) is 0.167. The number of fused-ring (bicyclic) bond motifs is 1. The van der Waals surface area contributed by atoms with Crippen LogP contribution in [-0.2, 0) is 14.8 Å². The monoisotopic (exact) mass is 545 g/mol. The van der Waals surface area contributed by atoms with Gasteiger partial charge in [0.15, 0.2) is 0 Å². The molecule has 7 nitrogen and oxygen atoms in total. The molecule has 0 spiro atoms. The quantitative estimate of drug-likeness (QED) is 0.536. The molecule has 176 valence electrons. The number of benzene rings is 3. The van der Waals surface area contributed by atoms with E-state index in [4.69, 9.17) is 0 Å². The van der Waals surface area contributed by atoms with Gasteiger partial charge in [-0.15, -0.1) is 0 Å². The van der Waals surface area contributed by atoms with E-state index in [1.54, 1.807) is 24.3 Å². The Hall–Kier alpha value is -3.08. The predicted octanol–water partition coefficient (Wildman–Crippen LogP) is 4.02. The number of anilines is 1. The number of amides is 2. The van der Waals surface area contributed by atoms with Crippen LogP contribution in [0.5, 0.6) is 0 Å². The summed E-state index contributed by atoms with van der Waals surface area (Å²) in [6, 6.07) is 16.0. The molecule has 3 aromatic rings. The summed E-state index contributed by atoms with van der Waals surface area (Å²) in [7, 11) is -0.810. The summed E-state index contributed by atoms with van der Waals surface area (Å²) in [5, 5.41) is 2.83. The number of rotatable bonds is 4. The second kappa shape index (κ2) is 9.28. The minimum Gasteiger partial charge on any atom is -0.324 e. The Kier molecular flexibility index (Phi) is 6.57. The van der Waals surface area contributed by atoms with Crippen LogP contribution >= 0.6 is 15.9 Å². The molecule has 4 rings (SSSR count). The van der Waals surface area contributed by atoms with E-state index in [-0.39, 0.29) is 22.9 Å². The fourth-order valence-electron chi connectivity index (χ4n) is 3.82. The minimum atomic E-state index is -3.66. The first kappa shape index (κ1) is 24.1. The molecule has 1 atom stereocenters. The second-order valence-corrected chi connectivity index (χ2v) is 11.0. The number of nitrogens with zero attached hydrogens (tertiary/aromatic N) is 2. The number of carbonyl (C=O) groups is 2. The second-order valence-electron chi connectivity index (χ2n) is 7.98. The smallest absolute Gasteiger partial charge is 0.255 e. The van der Waals surface area contributed by atoms with Crippen LogP contribution in [0.15, 0.2) is 76.1 Å². The molecule has 3 aromatic carbocycles. The van der Waals surface area contributed by atoms with Crippen molar-refractivity contribution in [3.8, 4) is 0 Å². The van der Waals surface area contributed by atoms with Gasteiger partial charge in [-0.25, -0.2) is 17.1 Å². The Morgan fingerprint density at radius 1 is 1.06 bits per heavy atom. The zero-order chi connectivity index (χ0) is 24.6. The van der Waals surface area contributed by atoms with Gasteiger partial charge in [-0.1, -0.05) is 28.1 Å². The van der Waals surface area contributed by atoms with Crippen molar-refractivity contribution in [2.45, 2.75) is 10.9 Å². The highest BCUT2D eigenvalue weighted by Gasteiger charge is 2.34. The molecule has 2 amide bonds. The van der Waals surface area contributed by atoms with E-state index in [1.165, 1.54) is 55.4 Å². The lowest BCUT2D eigenvalue weighted by Crippen LogP contribution is -2.39. The predicted molar refractivity (Wildman–Crippen MR) is 129 cm³/mol. The molecule has 0 aliphatic carbocycles. The third kappa shape index (κ3) is 4.61. The maximum absolute atomic E-state index is 13.7. The Balaban J connectivity index is 1.81. The number of carbonyl (C=O) groups excluding carboxylic acids is 2. The topological polar surface area (TPSA) is 86.8 Å². The summed E-state index contributed by atoms with van der Waals surface area (Å²) in [5.74, 6) is -1.27. The van der Waals surface area contributed by atoms with Gasteiger partial charge in [0.2, 0.25) is 15.9 Å². The summed E-state index contributed by atoms with van der Waals surface area (Å²) in [4.78, 5) is 27.8. The molecule has 10 heteroatoms. The molecule has 1 aliphatic rings. The van der Waals surface area contributed by atoms with Gasteiger partial charge >= 0.3 is 0 Å². The van der Waals surface area contributed by atoms with Crippen molar-refractivity contribution in [2.24, 2.45) is 0 Å². The standard InChI is InChI=1S/C24H21BrFN3O4S/c1-28(2)34(32,33)19-10-5-16(6-11-19)24(31)29-14-22(30)27-21-12-7-17(25)13-20(21)23(29)15-3-8-18(26)9-4-15/h3-13,23H,14H2,1-2H3,(H,27,30). The number of sulfonamides is 1. The average molecular weight is 546 g/mol. The number of halogens is 2. The summed E-state index contributed by atoms with van der Waals surface area (Å²) in [5.41, 5.74) is 2.05. The molecular weight excluding hydrogens is 525 g/mol. The van der Waals surface area contributed by atoms with Gasteiger partial charge in [-0.3, -0.25) is 9.59 Å². The normalized spacial score (nSPS) is 16.1. The van der Waals surface area contributed by atoms with Gasteiger partial charge < -0.3 is 10.2 Å². The first-order chi connectivity index (χ1) is 16.1. The lowest BCUT2D eigenvalue weighted by atomic mass is 9.95. The first-order valence-corrected chi connectivity index (χ1v) is 12.5. The highest BCUT2D eigenvalue weighted by molar-refractivity contribution is 9.10. The molecule has 1 heterocycles. The van der Waals surface area contributed by atoms with Crippen molar-refractivity contribution in [1.82, 2.24) is 9.21 Å². The molecule has 1 aliphatic heterocycles. The molecule has 0 saturated carbocycles. The van der Waals surface area contributed by atoms with Crippen LogP contribution in [0.2, 0.25) is 0 Å². The molecule has 0 saturated heterocycles. The van der Waals surface area contributed by atoms with Gasteiger partial charge in [0.25, 0.3) is 5.91 Å². The summed E-state index contributed by atoms with van der Waals surface area (Å²) < 4.78 is 40.3. The van der Waals surface area contributed by atoms with E-state index in [9.17, 15) is 22.4 Å². The molecule has 0 radical (unpaired) electrons. The van der Waals surface area contributed by atoms with Gasteiger partial charge in [0.05, 0.1) is 10.9 Å². The van der Waals surface area contributed by atoms with Crippen LogP contribution in [0.1, 0.15) is 27.5 Å². The fourth-order valence-corrected chi connectivity index (χ4v) is 5.10. The van der Waals surface area contributed by atoms with Crippen molar-refractivity contribution in [2.75, 3.05) is 26.0 Å². The molecular formula is C24H21BrFN3O4S. The lowest BCUT2D eigenvalue weighted by Gasteiger charge is -2.31. The third-order valence-electron chi connectivity index (χ3n) is 5.53. The van der Waals surface area contributed by atoms with Crippen molar-refractivity contribution < 1.29 is 22.4 Å². The molecule has 34 heavy (non-hydrogen) atoms. The number of hydrogen-bond donors (Lipinski definition) is 1. The summed E-state index contributed by atoms with van der Waals surface area (Å²) >= 11 is 3.45. The van der Waals surface area contributed by atoms with Crippen LogP contribution < -0.4 is 5.32 Å². The largest absolute Gasteiger partial charge is 0.324 e. The van der Waals surface area contributed by atoms with Gasteiger partial charge in [0.1, 0.15) is 12.4 Å². The van der Waals surface area contributed by atoms with E-state index >= 15 is 0 Å².